The smallest absolute Gasteiger partial charge is 0.321 e. The molecule has 1 aliphatic heterocycles. The van der Waals surface area contributed by atoms with Crippen molar-refractivity contribution >= 4 is 29.1 Å². The van der Waals surface area contributed by atoms with E-state index in [1.165, 1.54) is 30.3 Å². The highest BCUT2D eigenvalue weighted by Gasteiger charge is 2.67. The molecule has 5 nitrogen and oxygen atoms in total. The lowest BCUT2D eigenvalue weighted by Crippen LogP contribution is -2.40. The molecular weight excluding hydrogens is 433 g/mol. The van der Waals surface area contributed by atoms with Crippen LogP contribution in [-0.2, 0) is 15.8 Å². The fraction of sp³-hybridized carbons (Fsp3) is 0.320. The second-order valence-electron chi connectivity index (χ2n) is 9.18. The van der Waals surface area contributed by atoms with Gasteiger partial charge in [-0.3, -0.25) is 14.4 Å². The van der Waals surface area contributed by atoms with Crippen LogP contribution in [0.4, 0.5) is 24.5 Å². The number of imide groups is 1. The van der Waals surface area contributed by atoms with Crippen LogP contribution in [-0.4, -0.2) is 17.7 Å². The largest absolute Gasteiger partial charge is 0.418 e. The molecule has 5 aliphatic rings. The van der Waals surface area contributed by atoms with Crippen molar-refractivity contribution in [3.8, 4) is 0 Å². The van der Waals surface area contributed by atoms with E-state index < -0.39 is 29.5 Å². The van der Waals surface area contributed by atoms with Gasteiger partial charge in [0.25, 0.3) is 5.91 Å². The fourth-order valence-corrected chi connectivity index (χ4v) is 6.08. The van der Waals surface area contributed by atoms with Crippen molar-refractivity contribution in [1.29, 1.82) is 0 Å². The molecule has 1 N–H and O–H groups in total. The quantitative estimate of drug-likeness (QED) is 0.550. The van der Waals surface area contributed by atoms with Gasteiger partial charge < -0.3 is 5.32 Å². The highest BCUT2D eigenvalue weighted by Crippen LogP contribution is 2.65. The lowest BCUT2D eigenvalue weighted by molar-refractivity contribution is -0.137. The van der Waals surface area contributed by atoms with Gasteiger partial charge in [0.1, 0.15) is 0 Å². The maximum absolute atomic E-state index is 13.4. The molecule has 7 rings (SSSR count). The lowest BCUT2D eigenvalue weighted by atomic mass is 9.63. The molecule has 0 aromatic heterocycles. The van der Waals surface area contributed by atoms with Crippen LogP contribution in [0.25, 0.3) is 0 Å². The highest BCUT2D eigenvalue weighted by atomic mass is 19.4. The standard InChI is InChI=1S/C25H19F3N2O3/c26-25(27,28)17-6-2-3-7-18(17)29-22(31)14-5-1-4-8-19(14)30-23(32)20-12-9-10-13(16-11-15(12)16)21(20)24(30)33/h1-10,12-13,15-16,20-21H,11H2,(H,29,31). The third kappa shape index (κ3) is 2.89. The molecule has 1 saturated heterocycles. The molecular formula is C25H19F3N2O3. The molecule has 3 fully saturated rings. The van der Waals surface area contributed by atoms with E-state index in [1.54, 1.807) is 12.1 Å². The number of hydrogen-bond donors (Lipinski definition) is 1. The van der Waals surface area contributed by atoms with Crippen molar-refractivity contribution in [2.45, 2.75) is 12.6 Å². The van der Waals surface area contributed by atoms with Crippen LogP contribution in [0.2, 0.25) is 0 Å². The summed E-state index contributed by atoms with van der Waals surface area (Å²) in [6.45, 7) is 0. The predicted molar refractivity (Wildman–Crippen MR) is 113 cm³/mol. The number of anilines is 2. The van der Waals surface area contributed by atoms with Crippen LogP contribution in [0.5, 0.6) is 0 Å². The predicted octanol–water partition coefficient (Wildman–Crippen LogP) is 4.52. The zero-order valence-electron chi connectivity index (χ0n) is 17.3. The number of carbonyl (C=O) groups is 3. The minimum absolute atomic E-state index is 0.0275. The fourth-order valence-electron chi connectivity index (χ4n) is 6.08. The SMILES string of the molecule is O=C(Nc1ccccc1C(F)(F)F)c1ccccc1N1C(=O)C2C3C=CC(C4CC34)C2C1=O. The molecule has 0 radical (unpaired) electrons. The number of halogens is 3. The number of allylic oxidation sites excluding steroid dienone is 2. The van der Waals surface area contributed by atoms with Crippen molar-refractivity contribution in [3.05, 3.63) is 71.8 Å². The molecule has 2 saturated carbocycles. The van der Waals surface area contributed by atoms with Gasteiger partial charge in [-0.2, -0.15) is 13.2 Å². The Morgan fingerprint density at radius 2 is 1.45 bits per heavy atom. The summed E-state index contributed by atoms with van der Waals surface area (Å²) in [7, 11) is 0. The van der Waals surface area contributed by atoms with Crippen LogP contribution < -0.4 is 10.2 Å². The van der Waals surface area contributed by atoms with Gasteiger partial charge in [0.2, 0.25) is 11.8 Å². The molecule has 33 heavy (non-hydrogen) atoms. The average molecular weight is 452 g/mol. The molecule has 4 aliphatic carbocycles. The van der Waals surface area contributed by atoms with Crippen LogP contribution >= 0.6 is 0 Å². The van der Waals surface area contributed by atoms with E-state index in [0.29, 0.717) is 11.8 Å². The number of nitrogens with zero attached hydrogens (tertiary/aromatic N) is 1. The molecule has 2 aromatic rings. The Morgan fingerprint density at radius 1 is 0.879 bits per heavy atom. The maximum Gasteiger partial charge on any atom is 0.418 e. The van der Waals surface area contributed by atoms with Gasteiger partial charge in [-0.25, -0.2) is 4.90 Å². The number of para-hydroxylation sites is 2. The summed E-state index contributed by atoms with van der Waals surface area (Å²) >= 11 is 0. The van der Waals surface area contributed by atoms with Crippen LogP contribution in [0.15, 0.2) is 60.7 Å². The van der Waals surface area contributed by atoms with Crippen LogP contribution in [0.3, 0.4) is 0 Å². The first-order valence-corrected chi connectivity index (χ1v) is 10.9. The molecule has 2 bridgehead atoms. The van der Waals surface area contributed by atoms with Gasteiger partial charge in [-0.1, -0.05) is 36.4 Å². The Hall–Kier alpha value is -3.42. The number of amides is 3. The number of carbonyl (C=O) groups excluding carboxylic acids is 3. The monoisotopic (exact) mass is 452 g/mol. The Labute approximate surface area is 187 Å². The first kappa shape index (κ1) is 20.2. The van der Waals surface area contributed by atoms with Gasteiger partial charge in [-0.15, -0.1) is 0 Å². The van der Waals surface area contributed by atoms with E-state index in [2.05, 4.69) is 17.5 Å². The van der Waals surface area contributed by atoms with E-state index in [-0.39, 0.29) is 40.6 Å². The van der Waals surface area contributed by atoms with E-state index >= 15 is 0 Å². The summed E-state index contributed by atoms with van der Waals surface area (Å²) in [6, 6.07) is 10.7. The highest BCUT2D eigenvalue weighted by molar-refractivity contribution is 6.25. The first-order chi connectivity index (χ1) is 15.8. The van der Waals surface area contributed by atoms with Gasteiger partial charge >= 0.3 is 6.18 Å². The van der Waals surface area contributed by atoms with Crippen molar-refractivity contribution in [3.63, 3.8) is 0 Å². The topological polar surface area (TPSA) is 66.5 Å². The van der Waals surface area contributed by atoms with E-state index in [9.17, 15) is 27.6 Å². The van der Waals surface area contributed by atoms with Gasteiger partial charge in [0, 0.05) is 0 Å². The van der Waals surface area contributed by atoms with Gasteiger partial charge in [0.05, 0.1) is 34.3 Å². The maximum atomic E-state index is 13.4. The zero-order valence-corrected chi connectivity index (χ0v) is 17.3. The van der Waals surface area contributed by atoms with Crippen molar-refractivity contribution < 1.29 is 27.6 Å². The van der Waals surface area contributed by atoms with E-state index in [4.69, 9.17) is 0 Å². The second-order valence-corrected chi connectivity index (χ2v) is 9.18. The summed E-state index contributed by atoms with van der Waals surface area (Å²) in [5.74, 6) is -1.39. The summed E-state index contributed by atoms with van der Waals surface area (Å²) in [4.78, 5) is 41.0. The lowest BCUT2D eigenvalue weighted by Gasteiger charge is -2.37. The molecule has 2 aromatic carbocycles. The first-order valence-electron chi connectivity index (χ1n) is 10.9. The summed E-state index contributed by atoms with van der Waals surface area (Å²) in [5, 5.41) is 2.31. The minimum atomic E-state index is -4.65. The van der Waals surface area contributed by atoms with Crippen LogP contribution in [0.1, 0.15) is 22.3 Å². The second kappa shape index (κ2) is 6.79. The third-order valence-electron chi connectivity index (χ3n) is 7.53. The molecule has 6 unspecified atom stereocenters. The minimum Gasteiger partial charge on any atom is -0.321 e. The number of rotatable bonds is 3. The molecule has 6 atom stereocenters. The number of nitrogens with one attached hydrogen (secondary N) is 1. The van der Waals surface area contributed by atoms with Gasteiger partial charge in [-0.05, 0) is 54.4 Å². The number of benzene rings is 2. The molecule has 3 amide bonds. The van der Waals surface area contributed by atoms with E-state index in [0.717, 1.165) is 17.4 Å². The Kier molecular flexibility index (Phi) is 4.16. The summed E-state index contributed by atoms with van der Waals surface area (Å²) in [5.41, 5.74) is -1.28. The van der Waals surface area contributed by atoms with Gasteiger partial charge in [0.15, 0.2) is 0 Å². The average Bonchev–Trinajstić information content (AvgIpc) is 3.57. The molecule has 1 heterocycles. The van der Waals surface area contributed by atoms with Crippen molar-refractivity contribution in [1.82, 2.24) is 0 Å². The Balaban J connectivity index is 1.34. The Morgan fingerprint density at radius 3 is 2.09 bits per heavy atom. The van der Waals surface area contributed by atoms with Crippen molar-refractivity contribution in [2.24, 2.45) is 35.5 Å². The van der Waals surface area contributed by atoms with Crippen LogP contribution in [0, 0.1) is 35.5 Å². The number of alkyl halides is 3. The Bertz CT molecular complexity index is 1200. The number of hydrogen-bond acceptors (Lipinski definition) is 3. The summed E-state index contributed by atoms with van der Waals surface area (Å²) < 4.78 is 40.1. The van der Waals surface area contributed by atoms with E-state index in [1.807, 2.05) is 0 Å². The normalized spacial score (nSPS) is 31.4. The summed E-state index contributed by atoms with van der Waals surface area (Å²) in [6.07, 6.45) is 0.503. The van der Waals surface area contributed by atoms with Crippen molar-refractivity contribution in [2.75, 3.05) is 10.2 Å². The molecule has 0 spiro atoms. The molecule has 8 heteroatoms. The molecule has 168 valence electrons. The zero-order chi connectivity index (χ0) is 23.1. The third-order valence-corrected chi connectivity index (χ3v) is 7.53.